The number of hydrogen-bond acceptors (Lipinski definition) is 6. The third-order valence-electron chi connectivity index (χ3n) is 5.71. The maximum atomic E-state index is 14.6. The van der Waals surface area contributed by atoms with Crippen molar-refractivity contribution in [2.75, 3.05) is 38.3 Å². The van der Waals surface area contributed by atoms with Gasteiger partial charge in [0, 0.05) is 47.4 Å². The molecule has 2 aromatic heterocycles. The van der Waals surface area contributed by atoms with Gasteiger partial charge in [-0.05, 0) is 48.4 Å². The van der Waals surface area contributed by atoms with Crippen LogP contribution in [0, 0.1) is 5.82 Å². The first kappa shape index (κ1) is 21.7. The molecule has 5 rings (SSSR count). The summed E-state index contributed by atoms with van der Waals surface area (Å²) in [6.45, 7) is 4.27. The van der Waals surface area contributed by atoms with E-state index in [0.29, 0.717) is 23.0 Å². The van der Waals surface area contributed by atoms with Crippen LogP contribution in [0.25, 0.3) is 33.3 Å². The number of fused-ring (bicyclic) bond motifs is 1. The Morgan fingerprint density at radius 1 is 1.06 bits per heavy atom. The van der Waals surface area contributed by atoms with Crippen molar-refractivity contribution >= 4 is 28.3 Å². The summed E-state index contributed by atoms with van der Waals surface area (Å²) >= 11 is 6.14. The van der Waals surface area contributed by atoms with E-state index in [9.17, 15) is 4.39 Å². The van der Waals surface area contributed by atoms with E-state index >= 15 is 0 Å². The molecule has 6 nitrogen and oxygen atoms in total. The molecule has 8 heteroatoms. The Kier molecular flexibility index (Phi) is 6.44. The lowest BCUT2D eigenvalue weighted by Crippen LogP contribution is -2.23. The first-order valence-corrected chi connectivity index (χ1v) is 11.3. The highest BCUT2D eigenvalue weighted by molar-refractivity contribution is 6.30. The van der Waals surface area contributed by atoms with E-state index in [1.165, 1.54) is 12.1 Å². The molecule has 1 fully saturated rings. The Hall–Kier alpha value is -3.13. The van der Waals surface area contributed by atoms with Crippen molar-refractivity contribution in [1.29, 1.82) is 0 Å². The van der Waals surface area contributed by atoms with Crippen molar-refractivity contribution in [3.05, 3.63) is 71.9 Å². The summed E-state index contributed by atoms with van der Waals surface area (Å²) in [5.74, 6) is 0.410. The number of benzene rings is 2. The summed E-state index contributed by atoms with van der Waals surface area (Å²) in [5, 5.41) is 4.81. The molecule has 3 heterocycles. The Bertz CT molecular complexity index is 1280. The van der Waals surface area contributed by atoms with Crippen molar-refractivity contribution < 1.29 is 9.13 Å². The van der Waals surface area contributed by atoms with Crippen LogP contribution >= 0.6 is 11.6 Å². The fourth-order valence-electron chi connectivity index (χ4n) is 4.03. The highest BCUT2D eigenvalue weighted by Crippen LogP contribution is 2.35. The molecule has 0 amide bonds. The molecular weight excluding hydrogens is 441 g/mol. The van der Waals surface area contributed by atoms with E-state index in [4.69, 9.17) is 16.3 Å². The van der Waals surface area contributed by atoms with Crippen LogP contribution in [0.3, 0.4) is 0 Å². The van der Waals surface area contributed by atoms with Gasteiger partial charge in [-0.25, -0.2) is 14.4 Å². The molecule has 0 saturated carbocycles. The first-order chi connectivity index (χ1) is 16.2. The predicted octanol–water partition coefficient (Wildman–Crippen LogP) is 5.24. The maximum absolute atomic E-state index is 14.6. The van der Waals surface area contributed by atoms with E-state index in [0.717, 1.165) is 60.5 Å². The van der Waals surface area contributed by atoms with Crippen LogP contribution in [0.2, 0.25) is 5.02 Å². The predicted molar refractivity (Wildman–Crippen MR) is 129 cm³/mol. The van der Waals surface area contributed by atoms with E-state index in [1.54, 1.807) is 18.6 Å². The molecule has 4 aromatic rings. The van der Waals surface area contributed by atoms with E-state index in [2.05, 4.69) is 25.2 Å². The van der Waals surface area contributed by atoms with Crippen molar-refractivity contribution in [1.82, 2.24) is 19.9 Å². The quantitative estimate of drug-likeness (QED) is 0.378. The maximum Gasteiger partial charge on any atom is 0.137 e. The number of halogens is 2. The molecular formula is C25H23ClFN5O. The number of pyridine rings is 1. The molecule has 2 aromatic carbocycles. The zero-order valence-electron chi connectivity index (χ0n) is 18.0. The van der Waals surface area contributed by atoms with Crippen LogP contribution < -0.4 is 5.32 Å². The Balaban J connectivity index is 1.45. The van der Waals surface area contributed by atoms with Gasteiger partial charge in [-0.15, -0.1) is 0 Å². The summed E-state index contributed by atoms with van der Waals surface area (Å²) in [7, 11) is 0. The van der Waals surface area contributed by atoms with Crippen molar-refractivity contribution in [2.24, 2.45) is 0 Å². The molecule has 1 aliphatic rings. The number of hydrogen-bond donors (Lipinski definition) is 1. The average molecular weight is 464 g/mol. The van der Waals surface area contributed by atoms with Gasteiger partial charge in [0.05, 0.1) is 24.5 Å². The standard InChI is InChI=1S/C25H23ClFN5O/c26-18-5-6-22(27)20(14-18)24-19(3-1-8-28-24)17-4-7-23-21(13-17)25(31-15-30-23)29-9-2-10-32-11-12-33-16-32/h1,3-8,13-15H,2,9-12,16H2,(H,29,30,31). The fourth-order valence-corrected chi connectivity index (χ4v) is 4.21. The minimum absolute atomic E-state index is 0.366. The second-order valence-electron chi connectivity index (χ2n) is 7.91. The van der Waals surface area contributed by atoms with Gasteiger partial charge in [-0.1, -0.05) is 23.7 Å². The highest BCUT2D eigenvalue weighted by Gasteiger charge is 2.15. The normalized spacial score (nSPS) is 14.1. The number of nitrogens with zero attached hydrogens (tertiary/aromatic N) is 4. The van der Waals surface area contributed by atoms with Gasteiger partial charge < -0.3 is 10.1 Å². The van der Waals surface area contributed by atoms with Gasteiger partial charge in [0.15, 0.2) is 0 Å². The van der Waals surface area contributed by atoms with Crippen molar-refractivity contribution in [2.45, 2.75) is 6.42 Å². The van der Waals surface area contributed by atoms with E-state index < -0.39 is 0 Å². The lowest BCUT2D eigenvalue weighted by Gasteiger charge is -2.14. The van der Waals surface area contributed by atoms with Gasteiger partial charge >= 0.3 is 0 Å². The van der Waals surface area contributed by atoms with Crippen LogP contribution in [0.1, 0.15) is 6.42 Å². The molecule has 0 radical (unpaired) electrons. The lowest BCUT2D eigenvalue weighted by molar-refractivity contribution is 0.140. The fraction of sp³-hybridized carbons (Fsp3) is 0.240. The van der Waals surface area contributed by atoms with Gasteiger partial charge in [-0.3, -0.25) is 9.88 Å². The number of aromatic nitrogens is 3. The SMILES string of the molecule is Fc1ccc(Cl)cc1-c1ncccc1-c1ccc2ncnc(NCCCN3CCOC3)c2c1. The summed E-state index contributed by atoms with van der Waals surface area (Å²) in [5.41, 5.74) is 3.45. The van der Waals surface area contributed by atoms with Gasteiger partial charge in [0.25, 0.3) is 0 Å². The summed E-state index contributed by atoms with van der Waals surface area (Å²) in [4.78, 5) is 15.6. The monoisotopic (exact) mass is 463 g/mol. The zero-order chi connectivity index (χ0) is 22.6. The first-order valence-electron chi connectivity index (χ1n) is 10.9. The number of nitrogens with one attached hydrogen (secondary N) is 1. The largest absolute Gasteiger partial charge is 0.369 e. The Morgan fingerprint density at radius 2 is 2.00 bits per heavy atom. The molecule has 0 spiro atoms. The summed E-state index contributed by atoms with van der Waals surface area (Å²) < 4.78 is 20.0. The van der Waals surface area contributed by atoms with Crippen molar-refractivity contribution in [3.63, 3.8) is 0 Å². The zero-order valence-corrected chi connectivity index (χ0v) is 18.7. The lowest BCUT2D eigenvalue weighted by atomic mass is 9.98. The van der Waals surface area contributed by atoms with Crippen LogP contribution in [0.5, 0.6) is 0 Å². The summed E-state index contributed by atoms with van der Waals surface area (Å²) in [6.07, 6.45) is 4.20. The molecule has 0 unspecified atom stereocenters. The molecule has 1 aliphatic heterocycles. The smallest absolute Gasteiger partial charge is 0.137 e. The highest BCUT2D eigenvalue weighted by atomic mass is 35.5. The van der Waals surface area contributed by atoms with Crippen molar-refractivity contribution in [3.8, 4) is 22.4 Å². The van der Waals surface area contributed by atoms with Gasteiger partial charge in [0.1, 0.15) is 18.0 Å². The third-order valence-corrected chi connectivity index (χ3v) is 5.94. The molecule has 1 N–H and O–H groups in total. The van der Waals surface area contributed by atoms with Crippen LogP contribution in [-0.2, 0) is 4.74 Å². The van der Waals surface area contributed by atoms with Crippen LogP contribution in [0.15, 0.2) is 61.1 Å². The molecule has 0 aliphatic carbocycles. The van der Waals surface area contributed by atoms with E-state index in [-0.39, 0.29) is 5.82 Å². The average Bonchev–Trinajstić information content (AvgIpc) is 3.37. The van der Waals surface area contributed by atoms with Gasteiger partial charge in [0.2, 0.25) is 0 Å². The Labute approximate surface area is 196 Å². The van der Waals surface area contributed by atoms with Gasteiger partial charge in [-0.2, -0.15) is 0 Å². The second kappa shape index (κ2) is 9.79. The molecule has 1 saturated heterocycles. The van der Waals surface area contributed by atoms with Crippen LogP contribution in [0.4, 0.5) is 10.2 Å². The second-order valence-corrected chi connectivity index (χ2v) is 8.35. The Morgan fingerprint density at radius 3 is 2.88 bits per heavy atom. The minimum atomic E-state index is -0.366. The topological polar surface area (TPSA) is 63.2 Å². The molecule has 168 valence electrons. The number of rotatable bonds is 7. The minimum Gasteiger partial charge on any atom is -0.369 e. The van der Waals surface area contributed by atoms with E-state index in [1.807, 2.05) is 30.3 Å². The molecule has 33 heavy (non-hydrogen) atoms. The summed E-state index contributed by atoms with van der Waals surface area (Å²) in [6, 6.07) is 14.2. The molecule has 0 bridgehead atoms. The molecule has 0 atom stereocenters. The third kappa shape index (κ3) is 4.80. The number of anilines is 1. The number of ether oxygens (including phenoxy) is 1. The van der Waals surface area contributed by atoms with Crippen LogP contribution in [-0.4, -0.2) is 52.8 Å².